The Morgan fingerprint density at radius 1 is 1.33 bits per heavy atom. The van der Waals surface area contributed by atoms with Gasteiger partial charge in [0.2, 0.25) is 0 Å². The summed E-state index contributed by atoms with van der Waals surface area (Å²) in [6, 6.07) is 0.253. The van der Waals surface area contributed by atoms with E-state index < -0.39 is 0 Å². The van der Waals surface area contributed by atoms with Crippen LogP contribution in [0.3, 0.4) is 0 Å². The van der Waals surface area contributed by atoms with E-state index in [4.69, 9.17) is 0 Å². The highest BCUT2D eigenvalue weighted by Gasteiger charge is 2.25. The Hall–Kier alpha value is -1.21. The lowest BCUT2D eigenvalue weighted by Gasteiger charge is -2.25. The van der Waals surface area contributed by atoms with Gasteiger partial charge in [-0.15, -0.1) is 0 Å². The molecule has 1 fully saturated rings. The van der Waals surface area contributed by atoms with Crippen LogP contribution in [0, 0.1) is 5.92 Å². The molecule has 2 aromatic heterocycles. The molecular weight excluding hydrogens is 334 g/mol. The van der Waals surface area contributed by atoms with Crippen LogP contribution in [-0.2, 0) is 7.05 Å². The van der Waals surface area contributed by atoms with Gasteiger partial charge in [0.1, 0.15) is 16.7 Å². The highest BCUT2D eigenvalue weighted by Crippen LogP contribution is 2.30. The zero-order valence-corrected chi connectivity index (χ0v) is 13.7. The summed E-state index contributed by atoms with van der Waals surface area (Å²) >= 11 is 3.48. The molecule has 0 aromatic carbocycles. The number of halogens is 1. The second-order valence-corrected chi connectivity index (χ2v) is 6.42. The fourth-order valence-electron chi connectivity index (χ4n) is 3.12. The average molecular weight is 354 g/mol. The van der Waals surface area contributed by atoms with Gasteiger partial charge < -0.3 is 10.4 Å². The van der Waals surface area contributed by atoms with Gasteiger partial charge in [-0.05, 0) is 28.8 Å². The van der Waals surface area contributed by atoms with E-state index in [0.29, 0.717) is 0 Å². The number of aliphatic hydroxyl groups is 1. The molecule has 2 aromatic rings. The molecule has 3 rings (SSSR count). The number of hydrogen-bond donors (Lipinski definition) is 2. The van der Waals surface area contributed by atoms with E-state index in [9.17, 15) is 5.11 Å². The standard InChI is InChI=1S/C14H20BrN5O/c1-20-14-11(12(15)19-20)13(16-8-17-14)18-10-6-4-2-3-5-9(10)7-21/h8-10,21H,2-7H2,1H3,(H,16,17,18)/t9-,10-/m1/s1. The third-order valence-corrected chi connectivity index (χ3v) is 4.85. The maximum absolute atomic E-state index is 9.64. The van der Waals surface area contributed by atoms with Gasteiger partial charge in [0.25, 0.3) is 0 Å². The normalized spacial score (nSPS) is 23.2. The van der Waals surface area contributed by atoms with E-state index in [2.05, 4.69) is 36.3 Å². The van der Waals surface area contributed by atoms with Gasteiger partial charge in [0.15, 0.2) is 5.65 Å². The predicted molar refractivity (Wildman–Crippen MR) is 85.1 cm³/mol. The van der Waals surface area contributed by atoms with Crippen LogP contribution in [0.2, 0.25) is 0 Å². The Labute approximate surface area is 132 Å². The smallest absolute Gasteiger partial charge is 0.164 e. The molecule has 114 valence electrons. The van der Waals surface area contributed by atoms with E-state index in [1.54, 1.807) is 11.0 Å². The fourth-order valence-corrected chi connectivity index (χ4v) is 3.72. The molecule has 21 heavy (non-hydrogen) atoms. The molecular formula is C14H20BrN5O. The summed E-state index contributed by atoms with van der Waals surface area (Å²) in [7, 11) is 1.87. The van der Waals surface area contributed by atoms with E-state index in [1.165, 1.54) is 19.3 Å². The summed E-state index contributed by atoms with van der Waals surface area (Å²) in [5.41, 5.74) is 0.800. The molecule has 0 radical (unpaired) electrons. The summed E-state index contributed by atoms with van der Waals surface area (Å²) in [5, 5.41) is 18.4. The highest BCUT2D eigenvalue weighted by atomic mass is 79.9. The summed E-state index contributed by atoms with van der Waals surface area (Å²) in [5.74, 6) is 1.08. The minimum Gasteiger partial charge on any atom is -0.396 e. The van der Waals surface area contributed by atoms with Gasteiger partial charge in [-0.3, -0.25) is 0 Å². The summed E-state index contributed by atoms with van der Waals surface area (Å²) in [4.78, 5) is 8.67. The van der Waals surface area contributed by atoms with Crippen molar-refractivity contribution < 1.29 is 5.11 Å². The van der Waals surface area contributed by atoms with Gasteiger partial charge in [0.05, 0.1) is 5.39 Å². The molecule has 2 atom stereocenters. The lowest BCUT2D eigenvalue weighted by molar-refractivity contribution is 0.203. The quantitative estimate of drug-likeness (QED) is 0.829. The molecule has 0 saturated heterocycles. The van der Waals surface area contributed by atoms with E-state index in [-0.39, 0.29) is 18.6 Å². The first-order valence-electron chi connectivity index (χ1n) is 7.41. The first-order chi connectivity index (χ1) is 10.2. The summed E-state index contributed by atoms with van der Waals surface area (Å²) in [6.45, 7) is 0.222. The molecule has 0 bridgehead atoms. The SMILES string of the molecule is Cn1nc(Br)c2c(N[C@@H]3CCCCC[C@@H]3CO)ncnc21. The molecule has 1 aliphatic rings. The van der Waals surface area contributed by atoms with Crippen molar-refractivity contribution in [1.82, 2.24) is 19.7 Å². The molecule has 2 heterocycles. The largest absolute Gasteiger partial charge is 0.396 e. The molecule has 0 unspecified atom stereocenters. The van der Waals surface area contributed by atoms with Gasteiger partial charge in [-0.1, -0.05) is 19.3 Å². The van der Waals surface area contributed by atoms with Crippen molar-refractivity contribution in [2.45, 2.75) is 38.1 Å². The van der Waals surface area contributed by atoms with Crippen molar-refractivity contribution in [2.24, 2.45) is 13.0 Å². The van der Waals surface area contributed by atoms with Crippen LogP contribution >= 0.6 is 15.9 Å². The lowest BCUT2D eigenvalue weighted by atomic mass is 9.95. The Kier molecular flexibility index (Phi) is 4.40. The van der Waals surface area contributed by atoms with Crippen molar-refractivity contribution in [3.8, 4) is 0 Å². The number of aliphatic hydroxyl groups excluding tert-OH is 1. The molecule has 7 heteroatoms. The van der Waals surface area contributed by atoms with Crippen molar-refractivity contribution in [1.29, 1.82) is 0 Å². The van der Waals surface area contributed by atoms with Gasteiger partial charge in [0, 0.05) is 25.6 Å². The van der Waals surface area contributed by atoms with Crippen LogP contribution in [0.1, 0.15) is 32.1 Å². The summed E-state index contributed by atoms with van der Waals surface area (Å²) in [6.07, 6.45) is 7.31. The lowest BCUT2D eigenvalue weighted by Crippen LogP contribution is -2.31. The number of aromatic nitrogens is 4. The number of aryl methyl sites for hydroxylation is 1. The number of nitrogens with one attached hydrogen (secondary N) is 1. The zero-order valence-electron chi connectivity index (χ0n) is 12.1. The molecule has 0 aliphatic heterocycles. The number of rotatable bonds is 3. The van der Waals surface area contributed by atoms with E-state index >= 15 is 0 Å². The predicted octanol–water partition coefficient (Wildman–Crippen LogP) is 2.48. The Morgan fingerprint density at radius 3 is 2.95 bits per heavy atom. The monoisotopic (exact) mass is 353 g/mol. The van der Waals surface area contributed by atoms with Crippen LogP contribution < -0.4 is 5.32 Å². The topological polar surface area (TPSA) is 75.9 Å². The molecule has 0 spiro atoms. The molecule has 0 amide bonds. The fraction of sp³-hybridized carbons (Fsp3) is 0.643. The van der Waals surface area contributed by atoms with Crippen LogP contribution in [0.5, 0.6) is 0 Å². The van der Waals surface area contributed by atoms with Crippen LogP contribution in [-0.4, -0.2) is 37.5 Å². The van der Waals surface area contributed by atoms with Crippen LogP contribution in [0.4, 0.5) is 5.82 Å². The van der Waals surface area contributed by atoms with E-state index in [0.717, 1.165) is 34.3 Å². The second-order valence-electron chi connectivity index (χ2n) is 5.67. The zero-order chi connectivity index (χ0) is 14.8. The number of fused-ring (bicyclic) bond motifs is 1. The first kappa shape index (κ1) is 14.7. The molecule has 1 saturated carbocycles. The first-order valence-corrected chi connectivity index (χ1v) is 8.20. The molecule has 6 nitrogen and oxygen atoms in total. The van der Waals surface area contributed by atoms with Crippen molar-refractivity contribution >= 4 is 32.8 Å². The third kappa shape index (κ3) is 2.89. The minimum atomic E-state index is 0.222. The Balaban J connectivity index is 1.93. The third-order valence-electron chi connectivity index (χ3n) is 4.29. The molecule has 1 aliphatic carbocycles. The maximum Gasteiger partial charge on any atom is 0.164 e. The molecule has 2 N–H and O–H groups in total. The van der Waals surface area contributed by atoms with Crippen LogP contribution in [0.25, 0.3) is 11.0 Å². The van der Waals surface area contributed by atoms with E-state index in [1.807, 2.05) is 7.05 Å². The summed E-state index contributed by atoms with van der Waals surface area (Å²) < 4.78 is 2.49. The number of nitrogens with zero attached hydrogens (tertiary/aromatic N) is 4. The average Bonchev–Trinajstić information content (AvgIpc) is 2.66. The number of hydrogen-bond acceptors (Lipinski definition) is 5. The van der Waals surface area contributed by atoms with Crippen molar-refractivity contribution in [3.05, 3.63) is 10.9 Å². The Morgan fingerprint density at radius 2 is 2.14 bits per heavy atom. The Bertz CT molecular complexity index is 629. The van der Waals surface area contributed by atoms with Crippen molar-refractivity contribution in [2.75, 3.05) is 11.9 Å². The van der Waals surface area contributed by atoms with Gasteiger partial charge >= 0.3 is 0 Å². The van der Waals surface area contributed by atoms with Gasteiger partial charge in [-0.25, -0.2) is 14.6 Å². The number of anilines is 1. The van der Waals surface area contributed by atoms with Gasteiger partial charge in [-0.2, -0.15) is 5.10 Å². The highest BCUT2D eigenvalue weighted by molar-refractivity contribution is 9.10. The minimum absolute atomic E-state index is 0.222. The van der Waals surface area contributed by atoms with Crippen molar-refractivity contribution in [3.63, 3.8) is 0 Å². The van der Waals surface area contributed by atoms with Crippen LogP contribution in [0.15, 0.2) is 10.9 Å². The maximum atomic E-state index is 9.64. The second kappa shape index (κ2) is 6.27.